The molecule has 124 valence electrons. The van der Waals surface area contributed by atoms with Crippen molar-refractivity contribution in [2.45, 2.75) is 0 Å². The van der Waals surface area contributed by atoms with Crippen molar-refractivity contribution >= 4 is 31.5 Å². The topological polar surface area (TPSA) is 55.4 Å². The molecule has 0 aliphatic carbocycles. The van der Waals surface area contributed by atoms with Gasteiger partial charge in [-0.1, -0.05) is 60.7 Å². The lowest BCUT2D eigenvalue weighted by molar-refractivity contribution is 0.487. The van der Waals surface area contributed by atoms with Gasteiger partial charge in [-0.15, -0.1) is 0 Å². The van der Waals surface area contributed by atoms with E-state index in [2.05, 4.69) is 0 Å². The predicted molar refractivity (Wildman–Crippen MR) is 103 cm³/mol. The molecular weight excluding hydrogens is 353 g/mol. The smallest absolute Gasteiger partial charge is 0.289 e. The first-order valence-corrected chi connectivity index (χ1v) is 9.40. The fraction of sp³-hybridized carbons (Fsp3) is 0. The van der Waals surface area contributed by atoms with Gasteiger partial charge in [0.1, 0.15) is 5.52 Å². The highest BCUT2D eigenvalue weighted by Gasteiger charge is 2.19. The molecule has 0 saturated heterocycles. The average molecular weight is 367 g/mol. The molecule has 6 heteroatoms. The lowest BCUT2D eigenvalue weighted by Crippen LogP contribution is -1.92. The third-order valence-corrected chi connectivity index (χ3v) is 5.32. The Morgan fingerprint density at radius 1 is 0.880 bits per heavy atom. The molecular formula is C19H14NO3PS. The summed E-state index contributed by atoms with van der Waals surface area (Å²) in [7, 11) is -3.08. The van der Waals surface area contributed by atoms with Crippen molar-refractivity contribution in [3.05, 3.63) is 77.6 Å². The van der Waals surface area contributed by atoms with Crippen molar-refractivity contribution in [1.82, 2.24) is 4.34 Å². The van der Waals surface area contributed by atoms with E-state index in [1.165, 1.54) is 4.34 Å². The summed E-state index contributed by atoms with van der Waals surface area (Å²) in [5, 5.41) is 0. The van der Waals surface area contributed by atoms with Crippen molar-refractivity contribution in [2.75, 3.05) is 0 Å². The van der Waals surface area contributed by atoms with Crippen LogP contribution in [0.2, 0.25) is 0 Å². The normalized spacial score (nSPS) is 12.4. The summed E-state index contributed by atoms with van der Waals surface area (Å²) in [6.45, 7) is 0. The predicted octanol–water partition coefficient (Wildman–Crippen LogP) is 5.53. The van der Waals surface area contributed by atoms with Gasteiger partial charge in [0.15, 0.2) is 5.58 Å². The molecule has 0 radical (unpaired) electrons. The van der Waals surface area contributed by atoms with Crippen LogP contribution in [0.15, 0.2) is 77.2 Å². The van der Waals surface area contributed by atoms with Crippen LogP contribution in [0.1, 0.15) is 0 Å². The SMILES string of the molecule is O=[PH](O)n1c(=S)oc2ccc(-c3ccccc3)c(-c3ccccc3)c21. The Hall–Kier alpha value is -2.46. The quantitative estimate of drug-likeness (QED) is 0.382. The summed E-state index contributed by atoms with van der Waals surface area (Å²) >= 11 is 5.16. The Balaban J connectivity index is 2.19. The minimum Gasteiger partial charge on any atom is -0.429 e. The zero-order valence-electron chi connectivity index (χ0n) is 13.0. The molecule has 0 spiro atoms. The molecule has 0 aliphatic heterocycles. The van der Waals surface area contributed by atoms with Crippen molar-refractivity contribution in [3.8, 4) is 22.3 Å². The molecule has 3 aromatic carbocycles. The molecule has 1 unspecified atom stereocenters. The first kappa shape index (κ1) is 16.0. The van der Waals surface area contributed by atoms with Crippen LogP contribution in [0.25, 0.3) is 33.4 Å². The van der Waals surface area contributed by atoms with E-state index in [1.807, 2.05) is 66.7 Å². The van der Waals surface area contributed by atoms with Crippen LogP contribution >= 0.6 is 20.4 Å². The van der Waals surface area contributed by atoms with Gasteiger partial charge in [-0.3, -0.25) is 4.57 Å². The maximum atomic E-state index is 11.9. The zero-order chi connectivity index (χ0) is 17.4. The minimum atomic E-state index is -3.08. The number of rotatable bonds is 3. The number of benzene rings is 3. The summed E-state index contributed by atoms with van der Waals surface area (Å²) in [6, 6.07) is 23.4. The van der Waals surface area contributed by atoms with Crippen LogP contribution in [0, 0.1) is 4.84 Å². The molecule has 4 aromatic rings. The monoisotopic (exact) mass is 367 g/mol. The Bertz CT molecular complexity index is 1130. The van der Waals surface area contributed by atoms with E-state index in [4.69, 9.17) is 16.6 Å². The zero-order valence-corrected chi connectivity index (χ0v) is 14.9. The van der Waals surface area contributed by atoms with Gasteiger partial charge in [-0.25, -0.2) is 4.34 Å². The number of oxazole rings is 1. The Morgan fingerprint density at radius 3 is 2.08 bits per heavy atom. The van der Waals surface area contributed by atoms with E-state index < -0.39 is 8.18 Å². The summed E-state index contributed by atoms with van der Waals surface area (Å²) in [4.78, 5) is 9.81. The fourth-order valence-electron chi connectivity index (χ4n) is 3.04. The highest BCUT2D eigenvalue weighted by atomic mass is 32.1. The average Bonchev–Trinajstić information content (AvgIpc) is 2.98. The third kappa shape index (κ3) is 2.76. The second-order valence-corrected chi connectivity index (χ2v) is 6.91. The summed E-state index contributed by atoms with van der Waals surface area (Å²) < 4.78 is 18.7. The molecule has 4 nitrogen and oxygen atoms in total. The summed E-state index contributed by atoms with van der Waals surface area (Å²) in [5.74, 6) is 0. The van der Waals surface area contributed by atoms with Gasteiger partial charge in [0.25, 0.3) is 13.0 Å². The fourth-order valence-corrected chi connectivity index (χ4v) is 4.07. The lowest BCUT2D eigenvalue weighted by atomic mass is 9.93. The molecule has 4 rings (SSSR count). The first-order chi connectivity index (χ1) is 12.2. The van der Waals surface area contributed by atoms with Crippen molar-refractivity contribution in [2.24, 2.45) is 0 Å². The molecule has 1 N–H and O–H groups in total. The molecule has 0 saturated carbocycles. The Labute approximate surface area is 149 Å². The van der Waals surface area contributed by atoms with Crippen LogP contribution in [0.4, 0.5) is 0 Å². The molecule has 1 aromatic heterocycles. The van der Waals surface area contributed by atoms with Crippen molar-refractivity contribution in [1.29, 1.82) is 0 Å². The van der Waals surface area contributed by atoms with Crippen molar-refractivity contribution in [3.63, 3.8) is 0 Å². The van der Waals surface area contributed by atoms with Crippen LogP contribution < -0.4 is 0 Å². The van der Waals surface area contributed by atoms with Gasteiger partial charge < -0.3 is 9.31 Å². The van der Waals surface area contributed by atoms with Gasteiger partial charge in [0.2, 0.25) is 0 Å². The van der Waals surface area contributed by atoms with Crippen LogP contribution in [0.5, 0.6) is 0 Å². The number of hydrogen-bond acceptors (Lipinski definition) is 3. The maximum Gasteiger partial charge on any atom is 0.289 e. The summed E-state index contributed by atoms with van der Waals surface area (Å²) in [5.41, 5.74) is 4.77. The van der Waals surface area contributed by atoms with Crippen molar-refractivity contribution < 1.29 is 13.9 Å². The molecule has 0 aliphatic rings. The molecule has 1 heterocycles. The van der Waals surface area contributed by atoms with Crippen LogP contribution in [0.3, 0.4) is 0 Å². The largest absolute Gasteiger partial charge is 0.429 e. The standard InChI is InChI=1S/C19H14NO3PS/c21-24(22)20-18-16(23-19(20)25)12-11-15(13-7-3-1-4-8-13)17(18)14-9-5-2-6-10-14/h1-12,24H,(H,21,22). The van der Waals surface area contributed by atoms with Gasteiger partial charge >= 0.3 is 0 Å². The van der Waals surface area contributed by atoms with E-state index in [9.17, 15) is 9.46 Å². The Kier molecular flexibility index (Phi) is 4.14. The molecule has 25 heavy (non-hydrogen) atoms. The first-order valence-electron chi connectivity index (χ1n) is 7.69. The molecule has 0 bridgehead atoms. The van der Waals surface area contributed by atoms with E-state index >= 15 is 0 Å². The number of nitrogens with zero attached hydrogens (tertiary/aromatic N) is 1. The third-order valence-electron chi connectivity index (χ3n) is 4.08. The highest BCUT2D eigenvalue weighted by molar-refractivity contribution is 7.71. The van der Waals surface area contributed by atoms with E-state index in [1.54, 1.807) is 6.07 Å². The van der Waals surface area contributed by atoms with Gasteiger partial charge in [0, 0.05) is 5.56 Å². The highest BCUT2D eigenvalue weighted by Crippen LogP contribution is 2.41. The maximum absolute atomic E-state index is 11.9. The molecule has 1 atom stereocenters. The van der Waals surface area contributed by atoms with E-state index in [0.29, 0.717) is 11.1 Å². The number of hydrogen-bond donors (Lipinski definition) is 1. The number of fused-ring (bicyclic) bond motifs is 1. The molecule has 0 fully saturated rings. The van der Waals surface area contributed by atoms with Gasteiger partial charge in [0.05, 0.1) is 0 Å². The van der Waals surface area contributed by atoms with Crippen LogP contribution in [-0.2, 0) is 4.57 Å². The second-order valence-electron chi connectivity index (χ2n) is 5.55. The summed E-state index contributed by atoms with van der Waals surface area (Å²) in [6.07, 6.45) is 0. The van der Waals surface area contributed by atoms with E-state index in [0.717, 1.165) is 22.3 Å². The Morgan fingerprint density at radius 2 is 1.48 bits per heavy atom. The van der Waals surface area contributed by atoms with Gasteiger partial charge in [-0.2, -0.15) is 0 Å². The van der Waals surface area contributed by atoms with Gasteiger partial charge in [-0.05, 0) is 41.0 Å². The van der Waals surface area contributed by atoms with Crippen LogP contribution in [-0.4, -0.2) is 9.23 Å². The molecule has 0 amide bonds. The second kappa shape index (κ2) is 6.45. The number of aromatic nitrogens is 1. The minimum absolute atomic E-state index is 0.00350. The van der Waals surface area contributed by atoms with E-state index in [-0.39, 0.29) is 4.84 Å². The lowest BCUT2D eigenvalue weighted by Gasteiger charge is -2.12.